The molecule has 1 aromatic heterocycles. The van der Waals surface area contributed by atoms with Gasteiger partial charge in [0.15, 0.2) is 18.1 Å². The fraction of sp³-hybridized carbons (Fsp3) is 0.333. The van der Waals surface area contributed by atoms with E-state index in [0.29, 0.717) is 51.3 Å². The van der Waals surface area contributed by atoms with Gasteiger partial charge in [0, 0.05) is 10.9 Å². The number of aryl methyl sites for hydroxylation is 1. The van der Waals surface area contributed by atoms with Gasteiger partial charge < -0.3 is 14.2 Å². The van der Waals surface area contributed by atoms with Crippen molar-refractivity contribution in [1.29, 1.82) is 0 Å². The summed E-state index contributed by atoms with van der Waals surface area (Å²) in [4.78, 5) is 29.5. The lowest BCUT2D eigenvalue weighted by Crippen LogP contribution is -2.22. The molecule has 3 rings (SSSR count). The number of esters is 1. The van der Waals surface area contributed by atoms with E-state index in [0.717, 1.165) is 10.9 Å². The van der Waals surface area contributed by atoms with Crippen LogP contribution in [-0.4, -0.2) is 41.7 Å². The number of carbonyl (C=O) groups is 1. The summed E-state index contributed by atoms with van der Waals surface area (Å²) in [6.45, 7) is 6.03. The summed E-state index contributed by atoms with van der Waals surface area (Å²) in [6.07, 6.45) is 2.98. The molecule has 0 aliphatic heterocycles. The molecule has 0 spiro atoms. The Hall–Kier alpha value is -2.72. The Morgan fingerprint density at radius 1 is 1.12 bits per heavy atom. The highest BCUT2D eigenvalue weighted by Crippen LogP contribution is 2.36. The normalized spacial score (nSPS) is 11.2. The minimum absolute atomic E-state index is 0.242. The molecule has 0 radical (unpaired) electrons. The molecule has 0 amide bonds. The molecule has 0 unspecified atom stereocenters. The predicted octanol–water partition coefficient (Wildman–Crippen LogP) is 5.10. The van der Waals surface area contributed by atoms with Crippen molar-refractivity contribution in [2.75, 3.05) is 19.8 Å². The molecule has 3 aromatic rings. The van der Waals surface area contributed by atoms with Gasteiger partial charge in [-0.2, -0.15) is 9.78 Å². The van der Waals surface area contributed by atoms with Crippen molar-refractivity contribution in [3.63, 3.8) is 0 Å². The molecule has 0 atom stereocenters. The number of rotatable bonds is 10. The Labute approximate surface area is 214 Å². The van der Waals surface area contributed by atoms with Crippen LogP contribution in [-0.2, 0) is 16.0 Å². The summed E-state index contributed by atoms with van der Waals surface area (Å²) in [5.74, 6) is 0.926. The molecule has 1 heterocycles. The van der Waals surface area contributed by atoms with E-state index in [-0.39, 0.29) is 18.8 Å². The first-order valence-corrected chi connectivity index (χ1v) is 12.5. The van der Waals surface area contributed by atoms with E-state index < -0.39 is 5.97 Å². The van der Waals surface area contributed by atoms with E-state index in [1.54, 1.807) is 31.3 Å². The van der Waals surface area contributed by atoms with Crippen LogP contribution in [0.3, 0.4) is 0 Å². The Balaban J connectivity index is 2.00. The SMILES string of the molecule is CCCc1nc2ccc(Br)cc2c(=O)n1N=Cc1cc(Br)c(OCC(=O)OCC)c(OCC)c1. The smallest absolute Gasteiger partial charge is 0.344 e. The highest BCUT2D eigenvalue weighted by atomic mass is 79.9. The molecule has 180 valence electrons. The lowest BCUT2D eigenvalue weighted by molar-refractivity contribution is -0.145. The first-order chi connectivity index (χ1) is 16.4. The topological polar surface area (TPSA) is 92.0 Å². The molecule has 0 aliphatic carbocycles. The summed E-state index contributed by atoms with van der Waals surface area (Å²) in [5.41, 5.74) is 1.06. The van der Waals surface area contributed by atoms with Gasteiger partial charge in [0.05, 0.1) is 34.8 Å². The number of halogens is 2. The van der Waals surface area contributed by atoms with Crippen LogP contribution in [0.4, 0.5) is 0 Å². The second-order valence-corrected chi connectivity index (χ2v) is 8.93. The summed E-state index contributed by atoms with van der Waals surface area (Å²) in [6, 6.07) is 8.91. The quantitative estimate of drug-likeness (QED) is 0.240. The van der Waals surface area contributed by atoms with Crippen LogP contribution >= 0.6 is 31.9 Å². The van der Waals surface area contributed by atoms with Crippen LogP contribution in [0.15, 0.2) is 49.2 Å². The number of fused-ring (bicyclic) bond motifs is 1. The highest BCUT2D eigenvalue weighted by molar-refractivity contribution is 9.10. The van der Waals surface area contributed by atoms with Crippen LogP contribution in [0.1, 0.15) is 38.6 Å². The first-order valence-electron chi connectivity index (χ1n) is 10.9. The maximum atomic E-state index is 13.2. The van der Waals surface area contributed by atoms with E-state index in [2.05, 4.69) is 41.9 Å². The zero-order valence-corrected chi connectivity index (χ0v) is 22.3. The third-order valence-corrected chi connectivity index (χ3v) is 5.72. The molecule has 0 fully saturated rings. The molecule has 0 N–H and O–H groups in total. The van der Waals surface area contributed by atoms with Crippen molar-refractivity contribution in [2.24, 2.45) is 5.10 Å². The summed E-state index contributed by atoms with van der Waals surface area (Å²) < 4.78 is 18.9. The number of carbonyl (C=O) groups excluding carboxylic acids is 1. The summed E-state index contributed by atoms with van der Waals surface area (Å²) in [5, 5.41) is 4.93. The van der Waals surface area contributed by atoms with Gasteiger partial charge in [0.1, 0.15) is 5.82 Å². The molecule has 0 bridgehead atoms. The number of ether oxygens (including phenoxy) is 3. The number of benzene rings is 2. The van der Waals surface area contributed by atoms with E-state index >= 15 is 0 Å². The van der Waals surface area contributed by atoms with Gasteiger partial charge >= 0.3 is 5.97 Å². The zero-order valence-electron chi connectivity index (χ0n) is 19.1. The van der Waals surface area contributed by atoms with E-state index in [9.17, 15) is 9.59 Å². The lowest BCUT2D eigenvalue weighted by Gasteiger charge is -2.14. The van der Waals surface area contributed by atoms with Crippen LogP contribution in [0, 0.1) is 0 Å². The van der Waals surface area contributed by atoms with Gasteiger partial charge in [-0.25, -0.2) is 9.78 Å². The van der Waals surface area contributed by atoms with Gasteiger partial charge in [-0.05, 0) is 72.1 Å². The summed E-state index contributed by atoms with van der Waals surface area (Å²) in [7, 11) is 0. The Morgan fingerprint density at radius 2 is 1.91 bits per heavy atom. The van der Waals surface area contributed by atoms with Crippen molar-refractivity contribution in [3.05, 3.63) is 61.0 Å². The average molecular weight is 595 g/mol. The van der Waals surface area contributed by atoms with Crippen LogP contribution < -0.4 is 15.0 Å². The minimum atomic E-state index is -0.472. The molecule has 34 heavy (non-hydrogen) atoms. The van der Waals surface area contributed by atoms with Gasteiger partial charge in [0.25, 0.3) is 5.56 Å². The van der Waals surface area contributed by atoms with E-state index in [1.165, 1.54) is 4.68 Å². The van der Waals surface area contributed by atoms with E-state index in [4.69, 9.17) is 14.2 Å². The number of aromatic nitrogens is 2. The van der Waals surface area contributed by atoms with Crippen molar-refractivity contribution in [2.45, 2.75) is 33.6 Å². The van der Waals surface area contributed by atoms with Crippen LogP contribution in [0.5, 0.6) is 11.5 Å². The van der Waals surface area contributed by atoms with Gasteiger partial charge in [-0.3, -0.25) is 4.79 Å². The Kier molecular flexibility index (Phi) is 9.23. The predicted molar refractivity (Wildman–Crippen MR) is 138 cm³/mol. The fourth-order valence-corrected chi connectivity index (χ4v) is 4.16. The standard InChI is InChI=1S/C24H25Br2N3O5/c1-4-7-21-28-19-9-8-16(25)12-17(19)24(31)29(21)27-13-15-10-18(26)23(20(11-15)32-5-2)34-14-22(30)33-6-3/h8-13H,4-7,14H2,1-3H3. The number of nitrogens with zero attached hydrogens (tertiary/aromatic N) is 3. The second-order valence-electron chi connectivity index (χ2n) is 7.16. The van der Waals surface area contributed by atoms with Crippen LogP contribution in [0.25, 0.3) is 10.9 Å². The van der Waals surface area contributed by atoms with Gasteiger partial charge in [0.2, 0.25) is 0 Å². The largest absolute Gasteiger partial charge is 0.490 e. The number of hydrogen-bond acceptors (Lipinski definition) is 7. The molecule has 0 saturated carbocycles. The maximum absolute atomic E-state index is 13.2. The molecular weight excluding hydrogens is 570 g/mol. The second kappa shape index (κ2) is 12.1. The summed E-state index contributed by atoms with van der Waals surface area (Å²) >= 11 is 6.88. The molecule has 0 aliphatic rings. The zero-order chi connectivity index (χ0) is 24.7. The molecular formula is C24H25Br2N3O5. The Morgan fingerprint density at radius 3 is 2.62 bits per heavy atom. The molecule has 0 saturated heterocycles. The number of hydrogen-bond donors (Lipinski definition) is 0. The van der Waals surface area contributed by atoms with Crippen LogP contribution in [0.2, 0.25) is 0 Å². The van der Waals surface area contributed by atoms with Crippen molar-refractivity contribution >= 4 is 54.9 Å². The minimum Gasteiger partial charge on any atom is -0.490 e. The van der Waals surface area contributed by atoms with Gasteiger partial charge in [-0.15, -0.1) is 0 Å². The molecule has 8 nitrogen and oxygen atoms in total. The fourth-order valence-electron chi connectivity index (χ4n) is 3.22. The van der Waals surface area contributed by atoms with Crippen molar-refractivity contribution in [3.8, 4) is 11.5 Å². The van der Waals surface area contributed by atoms with Crippen molar-refractivity contribution in [1.82, 2.24) is 9.66 Å². The maximum Gasteiger partial charge on any atom is 0.344 e. The average Bonchev–Trinajstić information content (AvgIpc) is 2.79. The lowest BCUT2D eigenvalue weighted by atomic mass is 10.2. The highest BCUT2D eigenvalue weighted by Gasteiger charge is 2.15. The molecule has 2 aromatic carbocycles. The third kappa shape index (κ3) is 6.24. The third-order valence-electron chi connectivity index (χ3n) is 4.64. The monoisotopic (exact) mass is 593 g/mol. The van der Waals surface area contributed by atoms with Crippen molar-refractivity contribution < 1.29 is 19.0 Å². The van der Waals surface area contributed by atoms with Gasteiger partial charge in [-0.1, -0.05) is 22.9 Å². The first kappa shape index (κ1) is 25.9. The van der Waals surface area contributed by atoms with E-state index in [1.807, 2.05) is 26.0 Å². The molecule has 10 heteroatoms. The Bertz CT molecular complexity index is 1270.